The SMILES string of the molecule is Cc1ccc2c(c1)sc1c(-c3cc4c(cn3)sc3ccccc34)cccc12. The zero-order chi connectivity index (χ0) is 18.0. The van der Waals surface area contributed by atoms with E-state index in [2.05, 4.69) is 73.7 Å². The summed E-state index contributed by atoms with van der Waals surface area (Å²) in [6, 6.07) is 24.2. The highest BCUT2D eigenvalue weighted by molar-refractivity contribution is 7.26. The first-order chi connectivity index (χ1) is 13.3. The van der Waals surface area contributed by atoms with Gasteiger partial charge in [-0.2, -0.15) is 0 Å². The second kappa shape index (κ2) is 5.62. The van der Waals surface area contributed by atoms with Crippen molar-refractivity contribution in [2.75, 3.05) is 0 Å². The fourth-order valence-electron chi connectivity index (χ4n) is 3.89. The van der Waals surface area contributed by atoms with E-state index in [1.54, 1.807) is 0 Å². The van der Waals surface area contributed by atoms with Crippen LogP contribution in [0.4, 0.5) is 0 Å². The van der Waals surface area contributed by atoms with E-state index in [4.69, 9.17) is 4.98 Å². The lowest BCUT2D eigenvalue weighted by molar-refractivity contribution is 1.38. The molecule has 0 unspecified atom stereocenters. The lowest BCUT2D eigenvalue weighted by Gasteiger charge is -2.03. The monoisotopic (exact) mass is 381 g/mol. The van der Waals surface area contributed by atoms with Crippen molar-refractivity contribution >= 4 is 63.0 Å². The Morgan fingerprint density at radius 1 is 0.667 bits per heavy atom. The van der Waals surface area contributed by atoms with Crippen molar-refractivity contribution in [3.8, 4) is 11.3 Å². The molecule has 0 bridgehead atoms. The van der Waals surface area contributed by atoms with Gasteiger partial charge in [-0.15, -0.1) is 22.7 Å². The van der Waals surface area contributed by atoms with Gasteiger partial charge in [-0.1, -0.05) is 48.5 Å². The molecule has 0 fully saturated rings. The molecule has 0 aliphatic heterocycles. The molecular formula is C24H15NS2. The standard InChI is InChI=1S/C24H15NS2/c1-14-9-10-16-17-6-4-7-18(24(17)27-22(16)11-14)20-12-19-15-5-2-3-8-21(15)26-23(19)13-25-20/h2-13H,1H3. The Kier molecular flexibility index (Phi) is 3.19. The van der Waals surface area contributed by atoms with Crippen LogP contribution in [0.5, 0.6) is 0 Å². The van der Waals surface area contributed by atoms with Crippen LogP contribution in [0.2, 0.25) is 0 Å². The zero-order valence-corrected chi connectivity index (χ0v) is 16.3. The number of hydrogen-bond acceptors (Lipinski definition) is 3. The highest BCUT2D eigenvalue weighted by Crippen LogP contribution is 2.41. The number of aromatic nitrogens is 1. The van der Waals surface area contributed by atoms with E-state index in [1.807, 2.05) is 28.9 Å². The molecule has 3 heterocycles. The average Bonchev–Trinajstić information content (AvgIpc) is 3.24. The number of hydrogen-bond donors (Lipinski definition) is 0. The lowest BCUT2D eigenvalue weighted by atomic mass is 10.0. The molecule has 0 amide bonds. The van der Waals surface area contributed by atoms with Crippen LogP contribution in [0.25, 0.3) is 51.6 Å². The summed E-state index contributed by atoms with van der Waals surface area (Å²) in [7, 11) is 0. The van der Waals surface area contributed by atoms with Gasteiger partial charge in [0.25, 0.3) is 0 Å². The first kappa shape index (κ1) is 15.3. The number of nitrogens with zero attached hydrogens (tertiary/aromatic N) is 1. The van der Waals surface area contributed by atoms with Gasteiger partial charge in [0.05, 0.1) is 10.4 Å². The van der Waals surface area contributed by atoms with E-state index in [9.17, 15) is 0 Å². The summed E-state index contributed by atoms with van der Waals surface area (Å²) in [6.07, 6.45) is 2.03. The van der Waals surface area contributed by atoms with Crippen molar-refractivity contribution in [1.29, 1.82) is 0 Å². The Morgan fingerprint density at radius 3 is 2.48 bits per heavy atom. The number of fused-ring (bicyclic) bond motifs is 6. The molecule has 0 saturated carbocycles. The largest absolute Gasteiger partial charge is 0.255 e. The third-order valence-electron chi connectivity index (χ3n) is 5.19. The van der Waals surface area contributed by atoms with Crippen LogP contribution in [0.15, 0.2) is 72.9 Å². The summed E-state index contributed by atoms with van der Waals surface area (Å²) < 4.78 is 5.24. The number of pyridine rings is 1. The van der Waals surface area contributed by atoms with Gasteiger partial charge < -0.3 is 0 Å². The summed E-state index contributed by atoms with van der Waals surface area (Å²) in [5.74, 6) is 0. The van der Waals surface area contributed by atoms with Gasteiger partial charge in [0, 0.05) is 47.4 Å². The van der Waals surface area contributed by atoms with Gasteiger partial charge in [-0.25, -0.2) is 0 Å². The third kappa shape index (κ3) is 2.25. The minimum Gasteiger partial charge on any atom is -0.255 e. The number of aryl methyl sites for hydroxylation is 1. The van der Waals surface area contributed by atoms with Crippen LogP contribution < -0.4 is 0 Å². The van der Waals surface area contributed by atoms with Crippen molar-refractivity contribution < 1.29 is 0 Å². The first-order valence-electron chi connectivity index (χ1n) is 8.97. The molecule has 3 heteroatoms. The van der Waals surface area contributed by atoms with Crippen LogP contribution in [-0.2, 0) is 0 Å². The van der Waals surface area contributed by atoms with Gasteiger partial charge in [0.2, 0.25) is 0 Å². The van der Waals surface area contributed by atoms with Crippen LogP contribution in [0, 0.1) is 6.92 Å². The Balaban J connectivity index is 1.67. The molecule has 0 radical (unpaired) electrons. The Labute approximate surface area is 164 Å². The minimum atomic E-state index is 1.06. The highest BCUT2D eigenvalue weighted by atomic mass is 32.1. The Hall–Kier alpha value is -2.75. The predicted molar refractivity (Wildman–Crippen MR) is 120 cm³/mol. The van der Waals surface area contributed by atoms with Crippen LogP contribution in [-0.4, -0.2) is 4.98 Å². The van der Waals surface area contributed by atoms with E-state index in [0.717, 1.165) is 5.69 Å². The Bertz CT molecular complexity index is 1490. The average molecular weight is 382 g/mol. The molecule has 6 aromatic rings. The molecule has 6 rings (SSSR count). The van der Waals surface area contributed by atoms with E-state index in [-0.39, 0.29) is 0 Å². The van der Waals surface area contributed by atoms with Crippen molar-refractivity contribution in [2.45, 2.75) is 6.92 Å². The first-order valence-corrected chi connectivity index (χ1v) is 10.6. The van der Waals surface area contributed by atoms with Gasteiger partial charge in [0.1, 0.15) is 0 Å². The van der Waals surface area contributed by atoms with Crippen molar-refractivity contribution in [2.24, 2.45) is 0 Å². The van der Waals surface area contributed by atoms with Crippen molar-refractivity contribution in [3.05, 3.63) is 78.5 Å². The smallest absolute Gasteiger partial charge is 0.0723 e. The van der Waals surface area contributed by atoms with Crippen LogP contribution >= 0.6 is 22.7 Å². The zero-order valence-electron chi connectivity index (χ0n) is 14.7. The van der Waals surface area contributed by atoms with Gasteiger partial charge in [-0.3, -0.25) is 4.98 Å². The molecule has 0 atom stereocenters. The topological polar surface area (TPSA) is 12.9 Å². The van der Waals surface area contributed by atoms with E-state index >= 15 is 0 Å². The lowest BCUT2D eigenvalue weighted by Crippen LogP contribution is -1.83. The maximum atomic E-state index is 4.83. The number of thiophene rings is 2. The molecule has 128 valence electrons. The van der Waals surface area contributed by atoms with Gasteiger partial charge in [-0.05, 0) is 30.7 Å². The van der Waals surface area contributed by atoms with Gasteiger partial charge >= 0.3 is 0 Å². The van der Waals surface area contributed by atoms with Crippen molar-refractivity contribution in [3.63, 3.8) is 0 Å². The molecule has 1 nitrogen and oxygen atoms in total. The fraction of sp³-hybridized carbons (Fsp3) is 0.0417. The summed E-state index contributed by atoms with van der Waals surface area (Å²) in [6.45, 7) is 2.15. The minimum absolute atomic E-state index is 1.06. The summed E-state index contributed by atoms with van der Waals surface area (Å²) in [4.78, 5) is 4.83. The molecule has 0 N–H and O–H groups in total. The molecule has 0 aliphatic carbocycles. The molecule has 27 heavy (non-hydrogen) atoms. The number of rotatable bonds is 1. The van der Waals surface area contributed by atoms with Crippen LogP contribution in [0.3, 0.4) is 0 Å². The molecule has 3 aromatic carbocycles. The predicted octanol–water partition coefficient (Wildman–Crippen LogP) is 7.79. The third-order valence-corrected chi connectivity index (χ3v) is 7.52. The van der Waals surface area contributed by atoms with Gasteiger partial charge in [0.15, 0.2) is 0 Å². The summed E-state index contributed by atoms with van der Waals surface area (Å²) in [5.41, 5.74) is 3.59. The second-order valence-corrected chi connectivity index (χ2v) is 9.08. The molecule has 0 spiro atoms. The van der Waals surface area contributed by atoms with Crippen molar-refractivity contribution in [1.82, 2.24) is 4.98 Å². The molecular weight excluding hydrogens is 366 g/mol. The highest BCUT2D eigenvalue weighted by Gasteiger charge is 2.13. The number of benzene rings is 3. The van der Waals surface area contributed by atoms with E-state index in [0.29, 0.717) is 0 Å². The molecule has 3 aromatic heterocycles. The van der Waals surface area contributed by atoms with Crippen LogP contribution in [0.1, 0.15) is 5.56 Å². The summed E-state index contributed by atoms with van der Waals surface area (Å²) >= 11 is 3.69. The fourth-order valence-corrected chi connectivity index (χ4v) is 6.26. The van der Waals surface area contributed by atoms with E-state index in [1.165, 1.54) is 51.5 Å². The molecule has 0 saturated heterocycles. The molecule has 0 aliphatic rings. The maximum absolute atomic E-state index is 4.83. The Morgan fingerprint density at radius 2 is 1.52 bits per heavy atom. The maximum Gasteiger partial charge on any atom is 0.0723 e. The summed E-state index contributed by atoms with van der Waals surface area (Å²) in [5, 5.41) is 5.28. The van der Waals surface area contributed by atoms with E-state index < -0.39 is 0 Å². The quantitative estimate of drug-likeness (QED) is 0.283. The second-order valence-electron chi connectivity index (χ2n) is 6.95. The normalized spacial score (nSPS) is 11.9.